The van der Waals surface area contributed by atoms with E-state index in [1.807, 2.05) is 6.92 Å². The molecule has 1 aromatic carbocycles. The Hall–Kier alpha value is -1.43. The van der Waals surface area contributed by atoms with Gasteiger partial charge in [0.05, 0.1) is 12.7 Å². The molecule has 1 aliphatic rings. The largest absolute Gasteiger partial charge is 0.465 e. The fraction of sp³-hybridized carbons (Fsp3) is 0.636. The Balaban J connectivity index is 2.42. The molecule has 1 aliphatic carbocycles. The van der Waals surface area contributed by atoms with E-state index in [0.29, 0.717) is 24.3 Å². The maximum atomic E-state index is 13.7. The predicted molar refractivity (Wildman–Crippen MR) is 108 cm³/mol. The van der Waals surface area contributed by atoms with Gasteiger partial charge in [-0.15, -0.1) is 0 Å². The number of carbonyl (C=O) groups is 2. The van der Waals surface area contributed by atoms with Crippen molar-refractivity contribution in [2.45, 2.75) is 64.4 Å². The molecule has 0 saturated heterocycles. The Morgan fingerprint density at radius 2 is 1.79 bits per heavy atom. The molecule has 6 heteroatoms. The number of ether oxygens (including phenoxy) is 1. The molecule has 2 rings (SSSR count). The number of ketones is 1. The summed E-state index contributed by atoms with van der Waals surface area (Å²) in [5.41, 5.74) is -0.399. The Kier molecular flexibility index (Phi) is 8.47. The second-order valence-electron chi connectivity index (χ2n) is 7.63. The quantitative estimate of drug-likeness (QED) is 0.451. The van der Waals surface area contributed by atoms with Crippen molar-refractivity contribution in [3.8, 4) is 0 Å². The Morgan fingerprint density at radius 3 is 2.29 bits per heavy atom. The summed E-state index contributed by atoms with van der Waals surface area (Å²) in [7, 11) is 0. The van der Waals surface area contributed by atoms with Gasteiger partial charge in [-0.3, -0.25) is 9.59 Å². The van der Waals surface area contributed by atoms with E-state index in [-0.39, 0.29) is 25.4 Å². The average molecular weight is 411 g/mol. The van der Waals surface area contributed by atoms with Crippen LogP contribution in [0, 0.1) is 11.3 Å². The van der Waals surface area contributed by atoms with E-state index in [2.05, 4.69) is 0 Å². The first-order valence-electron chi connectivity index (χ1n) is 10.2. The SMILES string of the molecule is CCOC(=O)C1(C(=O)C(CC(CO)C(O)CC)c2ccc(Cl)cc2)CCCC1. The predicted octanol–water partition coefficient (Wildman–Crippen LogP) is 3.89. The normalized spacial score (nSPS) is 19.0. The van der Waals surface area contributed by atoms with Crippen molar-refractivity contribution >= 4 is 23.4 Å². The van der Waals surface area contributed by atoms with Gasteiger partial charge in [-0.1, -0.05) is 43.5 Å². The van der Waals surface area contributed by atoms with Crippen LogP contribution in [0.25, 0.3) is 0 Å². The number of Topliss-reactive ketones (excluding diaryl/α,β-unsaturated/α-hetero) is 1. The van der Waals surface area contributed by atoms with Gasteiger partial charge in [-0.05, 0) is 50.3 Å². The third-order valence-electron chi connectivity index (χ3n) is 5.92. The van der Waals surface area contributed by atoms with Crippen molar-refractivity contribution in [3.05, 3.63) is 34.9 Å². The molecule has 3 atom stereocenters. The summed E-state index contributed by atoms with van der Waals surface area (Å²) in [6.07, 6.45) is 2.61. The van der Waals surface area contributed by atoms with Gasteiger partial charge in [0.1, 0.15) is 5.41 Å². The molecule has 2 N–H and O–H groups in total. The van der Waals surface area contributed by atoms with Crippen LogP contribution < -0.4 is 0 Å². The molecule has 0 amide bonds. The van der Waals surface area contributed by atoms with Crippen LogP contribution in [0.4, 0.5) is 0 Å². The van der Waals surface area contributed by atoms with E-state index in [0.717, 1.165) is 18.4 Å². The first kappa shape index (κ1) is 22.9. The van der Waals surface area contributed by atoms with E-state index in [4.69, 9.17) is 16.3 Å². The molecule has 3 unspecified atom stereocenters. The zero-order chi connectivity index (χ0) is 20.7. The van der Waals surface area contributed by atoms with Crippen molar-refractivity contribution in [1.82, 2.24) is 0 Å². The number of hydrogen-bond acceptors (Lipinski definition) is 5. The van der Waals surface area contributed by atoms with E-state index < -0.39 is 29.3 Å². The molecule has 1 aromatic rings. The minimum absolute atomic E-state index is 0.174. The van der Waals surface area contributed by atoms with Gasteiger partial charge < -0.3 is 14.9 Å². The molecule has 5 nitrogen and oxygen atoms in total. The fourth-order valence-corrected chi connectivity index (χ4v) is 4.34. The summed E-state index contributed by atoms with van der Waals surface area (Å²) in [6, 6.07) is 7.00. The van der Waals surface area contributed by atoms with Crippen molar-refractivity contribution < 1.29 is 24.5 Å². The molecule has 1 saturated carbocycles. The van der Waals surface area contributed by atoms with Crippen LogP contribution in [0.2, 0.25) is 5.02 Å². The minimum Gasteiger partial charge on any atom is -0.465 e. The van der Waals surface area contributed by atoms with Gasteiger partial charge in [0.25, 0.3) is 0 Å². The topological polar surface area (TPSA) is 83.8 Å². The third kappa shape index (κ3) is 4.94. The standard InChI is InChI=1S/C22H31ClO5/c1-3-19(25)16(14-24)13-18(15-7-9-17(23)10-8-15)20(26)22(11-5-6-12-22)21(27)28-4-2/h7-10,16,18-19,24-25H,3-6,11-14H2,1-2H3. The molecule has 0 heterocycles. The molecule has 0 aromatic heterocycles. The van der Waals surface area contributed by atoms with Gasteiger partial charge in [-0.25, -0.2) is 0 Å². The molecule has 28 heavy (non-hydrogen) atoms. The van der Waals surface area contributed by atoms with Crippen LogP contribution in [0.1, 0.15) is 63.9 Å². The van der Waals surface area contributed by atoms with Crippen LogP contribution in [0.5, 0.6) is 0 Å². The number of hydrogen-bond donors (Lipinski definition) is 2. The monoisotopic (exact) mass is 410 g/mol. The van der Waals surface area contributed by atoms with Gasteiger partial charge in [0, 0.05) is 23.5 Å². The van der Waals surface area contributed by atoms with Crippen LogP contribution in [-0.4, -0.2) is 41.3 Å². The van der Waals surface area contributed by atoms with Crippen LogP contribution in [0.3, 0.4) is 0 Å². The maximum Gasteiger partial charge on any atom is 0.319 e. The van der Waals surface area contributed by atoms with Crippen molar-refractivity contribution in [2.75, 3.05) is 13.2 Å². The number of aliphatic hydroxyl groups excluding tert-OH is 2. The highest BCUT2D eigenvalue weighted by atomic mass is 35.5. The molecular formula is C22H31ClO5. The Bertz CT molecular complexity index is 651. The molecule has 0 bridgehead atoms. The number of carbonyl (C=O) groups excluding carboxylic acids is 2. The van der Waals surface area contributed by atoms with Crippen molar-refractivity contribution in [2.24, 2.45) is 11.3 Å². The highest BCUT2D eigenvalue weighted by molar-refractivity contribution is 6.30. The van der Waals surface area contributed by atoms with Crippen LogP contribution >= 0.6 is 11.6 Å². The summed E-state index contributed by atoms with van der Waals surface area (Å²) >= 11 is 6.01. The highest BCUT2D eigenvalue weighted by Gasteiger charge is 2.51. The van der Waals surface area contributed by atoms with Crippen molar-refractivity contribution in [3.63, 3.8) is 0 Å². The summed E-state index contributed by atoms with van der Waals surface area (Å²) in [5, 5.41) is 20.6. The number of halogens is 1. The Morgan fingerprint density at radius 1 is 1.18 bits per heavy atom. The first-order valence-corrected chi connectivity index (χ1v) is 10.5. The van der Waals surface area contributed by atoms with Crippen LogP contribution in [-0.2, 0) is 14.3 Å². The fourth-order valence-electron chi connectivity index (χ4n) is 4.21. The highest BCUT2D eigenvalue weighted by Crippen LogP contribution is 2.45. The van der Waals surface area contributed by atoms with E-state index in [1.54, 1.807) is 31.2 Å². The number of rotatable bonds is 10. The first-order chi connectivity index (χ1) is 13.4. The number of aliphatic hydroxyl groups is 2. The molecule has 0 spiro atoms. The van der Waals surface area contributed by atoms with E-state index >= 15 is 0 Å². The third-order valence-corrected chi connectivity index (χ3v) is 6.17. The number of esters is 1. The molecule has 156 valence electrons. The molecule has 0 aliphatic heterocycles. The minimum atomic E-state index is -1.14. The lowest BCUT2D eigenvalue weighted by molar-refractivity contribution is -0.160. The lowest BCUT2D eigenvalue weighted by Gasteiger charge is -2.32. The van der Waals surface area contributed by atoms with Gasteiger partial charge in [-0.2, -0.15) is 0 Å². The van der Waals surface area contributed by atoms with Gasteiger partial charge in [0.2, 0.25) is 0 Å². The summed E-state index contributed by atoms with van der Waals surface area (Å²) in [6.45, 7) is 3.58. The Labute approximate surface area is 172 Å². The summed E-state index contributed by atoms with van der Waals surface area (Å²) in [4.78, 5) is 26.5. The lowest BCUT2D eigenvalue weighted by Crippen LogP contribution is -2.42. The molecular weight excluding hydrogens is 380 g/mol. The summed E-state index contributed by atoms with van der Waals surface area (Å²) < 4.78 is 5.28. The molecule has 1 fully saturated rings. The second-order valence-corrected chi connectivity index (χ2v) is 8.07. The van der Waals surface area contributed by atoms with Gasteiger partial charge in [0.15, 0.2) is 5.78 Å². The van der Waals surface area contributed by atoms with Gasteiger partial charge >= 0.3 is 5.97 Å². The van der Waals surface area contributed by atoms with E-state index in [1.165, 1.54) is 0 Å². The summed E-state index contributed by atoms with van der Waals surface area (Å²) in [5.74, 6) is -1.69. The van der Waals surface area contributed by atoms with Crippen LogP contribution in [0.15, 0.2) is 24.3 Å². The average Bonchev–Trinajstić information content (AvgIpc) is 3.20. The second kappa shape index (κ2) is 10.4. The smallest absolute Gasteiger partial charge is 0.319 e. The maximum absolute atomic E-state index is 13.7. The zero-order valence-electron chi connectivity index (χ0n) is 16.7. The van der Waals surface area contributed by atoms with E-state index in [9.17, 15) is 19.8 Å². The zero-order valence-corrected chi connectivity index (χ0v) is 17.5. The molecule has 0 radical (unpaired) electrons. The lowest BCUT2D eigenvalue weighted by atomic mass is 9.71. The van der Waals surface area contributed by atoms with Crippen molar-refractivity contribution in [1.29, 1.82) is 0 Å². The number of benzene rings is 1.